The number of rotatable bonds is 5. The Hall–Kier alpha value is -2.52. The molecule has 0 bridgehead atoms. The number of amides is 1. The Labute approximate surface area is 138 Å². The number of aromatic amines is 1. The number of aryl methyl sites for hydroxylation is 1. The van der Waals surface area contributed by atoms with Crippen molar-refractivity contribution in [1.29, 1.82) is 0 Å². The van der Waals surface area contributed by atoms with Gasteiger partial charge in [0.05, 0.1) is 10.6 Å². The van der Waals surface area contributed by atoms with E-state index >= 15 is 0 Å². The molecule has 7 nitrogen and oxygen atoms in total. The standard InChI is InChI=1S/C14H12N4O3S2/c19-11(3-5-18-6-4-12(20)17-14(18)21)16-13-15-9(8-23-13)10-2-1-7-22-10/h1-2,4,6-8H,3,5H2,(H,15,16,19)(H,17,20,21). The molecule has 3 aromatic heterocycles. The van der Waals surface area contributed by atoms with Crippen LogP contribution in [0.1, 0.15) is 6.42 Å². The molecule has 1 amide bonds. The highest BCUT2D eigenvalue weighted by Crippen LogP contribution is 2.28. The smallest absolute Gasteiger partial charge is 0.302 e. The van der Waals surface area contributed by atoms with E-state index in [2.05, 4.69) is 15.3 Å². The van der Waals surface area contributed by atoms with Crippen molar-refractivity contribution < 1.29 is 4.79 Å². The number of carbonyl (C=O) groups is 1. The molecule has 9 heteroatoms. The van der Waals surface area contributed by atoms with E-state index in [1.165, 1.54) is 28.2 Å². The zero-order valence-corrected chi connectivity index (χ0v) is 13.4. The van der Waals surface area contributed by atoms with Gasteiger partial charge in [-0.1, -0.05) is 6.07 Å². The average Bonchev–Trinajstić information content (AvgIpc) is 3.17. The van der Waals surface area contributed by atoms with Gasteiger partial charge in [-0.25, -0.2) is 9.78 Å². The fraction of sp³-hybridized carbons (Fsp3) is 0.143. The summed E-state index contributed by atoms with van der Waals surface area (Å²) in [7, 11) is 0. The Morgan fingerprint density at radius 2 is 2.17 bits per heavy atom. The number of nitrogens with zero attached hydrogens (tertiary/aromatic N) is 2. The molecule has 0 aliphatic rings. The molecule has 118 valence electrons. The predicted octanol–water partition coefficient (Wildman–Crippen LogP) is 1.75. The molecule has 0 saturated heterocycles. The summed E-state index contributed by atoms with van der Waals surface area (Å²) >= 11 is 2.93. The molecule has 0 spiro atoms. The van der Waals surface area contributed by atoms with Gasteiger partial charge in [0.15, 0.2) is 5.13 Å². The van der Waals surface area contributed by atoms with Crippen molar-refractivity contribution >= 4 is 33.7 Å². The number of aromatic nitrogens is 3. The Kier molecular flexibility index (Phi) is 4.49. The van der Waals surface area contributed by atoms with Crippen molar-refractivity contribution in [3.05, 3.63) is 56.0 Å². The summed E-state index contributed by atoms with van der Waals surface area (Å²) < 4.78 is 1.28. The topological polar surface area (TPSA) is 96.9 Å². The SMILES string of the molecule is O=C(CCn1ccc(=O)[nH]c1=O)Nc1nc(-c2cccs2)cs1. The summed E-state index contributed by atoms with van der Waals surface area (Å²) in [6.45, 7) is 0.185. The quantitative estimate of drug-likeness (QED) is 0.734. The summed E-state index contributed by atoms with van der Waals surface area (Å²) in [5.41, 5.74) is -0.156. The van der Waals surface area contributed by atoms with Crippen molar-refractivity contribution in [3.63, 3.8) is 0 Å². The van der Waals surface area contributed by atoms with Gasteiger partial charge in [0, 0.05) is 30.6 Å². The molecule has 0 unspecified atom stereocenters. The van der Waals surface area contributed by atoms with E-state index in [9.17, 15) is 14.4 Å². The molecule has 3 heterocycles. The highest BCUT2D eigenvalue weighted by molar-refractivity contribution is 7.16. The van der Waals surface area contributed by atoms with E-state index in [4.69, 9.17) is 0 Å². The van der Waals surface area contributed by atoms with E-state index in [-0.39, 0.29) is 18.9 Å². The lowest BCUT2D eigenvalue weighted by atomic mass is 10.4. The highest BCUT2D eigenvalue weighted by atomic mass is 32.1. The zero-order chi connectivity index (χ0) is 16.2. The fourth-order valence-electron chi connectivity index (χ4n) is 1.89. The first-order valence-corrected chi connectivity index (χ1v) is 8.47. The summed E-state index contributed by atoms with van der Waals surface area (Å²) in [4.78, 5) is 42.0. The van der Waals surface area contributed by atoms with E-state index in [1.54, 1.807) is 11.3 Å². The van der Waals surface area contributed by atoms with Gasteiger partial charge in [-0.2, -0.15) is 0 Å². The summed E-state index contributed by atoms with van der Waals surface area (Å²) in [5.74, 6) is -0.241. The van der Waals surface area contributed by atoms with Crippen LogP contribution in [0.2, 0.25) is 0 Å². The van der Waals surface area contributed by atoms with Crippen LogP contribution in [0.25, 0.3) is 10.6 Å². The van der Waals surface area contributed by atoms with Gasteiger partial charge in [-0.15, -0.1) is 22.7 Å². The maximum atomic E-state index is 11.9. The van der Waals surface area contributed by atoms with Gasteiger partial charge < -0.3 is 9.88 Å². The monoisotopic (exact) mass is 348 g/mol. The van der Waals surface area contributed by atoms with Crippen molar-refractivity contribution in [2.75, 3.05) is 5.32 Å². The molecule has 3 rings (SSSR count). The minimum Gasteiger partial charge on any atom is -0.302 e. The van der Waals surface area contributed by atoms with Gasteiger partial charge in [-0.3, -0.25) is 14.6 Å². The Morgan fingerprint density at radius 1 is 1.30 bits per heavy atom. The number of thiophene rings is 1. The molecule has 0 aromatic carbocycles. The van der Waals surface area contributed by atoms with Crippen LogP contribution in [0.4, 0.5) is 5.13 Å². The third kappa shape index (κ3) is 3.82. The van der Waals surface area contributed by atoms with Gasteiger partial charge in [-0.05, 0) is 11.4 Å². The third-order valence-corrected chi connectivity index (χ3v) is 4.65. The van der Waals surface area contributed by atoms with Gasteiger partial charge >= 0.3 is 5.69 Å². The number of nitrogens with one attached hydrogen (secondary N) is 2. The second-order valence-electron chi connectivity index (χ2n) is 4.62. The lowest BCUT2D eigenvalue weighted by Crippen LogP contribution is -2.29. The van der Waals surface area contributed by atoms with Crippen LogP contribution in [0.15, 0.2) is 44.7 Å². The van der Waals surface area contributed by atoms with Gasteiger partial charge in [0.1, 0.15) is 0 Å². The van der Waals surface area contributed by atoms with E-state index in [1.807, 2.05) is 22.9 Å². The van der Waals surface area contributed by atoms with Crippen molar-refractivity contribution in [2.45, 2.75) is 13.0 Å². The molecule has 0 fully saturated rings. The molecule has 0 aliphatic heterocycles. The molecule has 0 aliphatic carbocycles. The van der Waals surface area contributed by atoms with Crippen LogP contribution in [-0.2, 0) is 11.3 Å². The second-order valence-corrected chi connectivity index (χ2v) is 6.42. The largest absolute Gasteiger partial charge is 0.328 e. The molecule has 0 atom stereocenters. The Morgan fingerprint density at radius 3 is 2.91 bits per heavy atom. The maximum Gasteiger partial charge on any atom is 0.328 e. The molecule has 23 heavy (non-hydrogen) atoms. The summed E-state index contributed by atoms with van der Waals surface area (Å²) in [5, 5.41) is 7.08. The molecular formula is C14H12N4O3S2. The summed E-state index contributed by atoms with van der Waals surface area (Å²) in [6, 6.07) is 5.15. The number of hydrogen-bond donors (Lipinski definition) is 2. The molecule has 2 N–H and O–H groups in total. The molecule has 0 radical (unpaired) electrons. The van der Waals surface area contributed by atoms with Gasteiger partial charge in [0.2, 0.25) is 5.91 Å². The predicted molar refractivity (Wildman–Crippen MR) is 90.0 cm³/mol. The first-order chi connectivity index (χ1) is 11.1. The van der Waals surface area contributed by atoms with E-state index < -0.39 is 11.2 Å². The minimum atomic E-state index is -0.528. The van der Waals surface area contributed by atoms with Crippen LogP contribution in [0.5, 0.6) is 0 Å². The van der Waals surface area contributed by atoms with Crippen LogP contribution >= 0.6 is 22.7 Å². The number of thiazole rings is 1. The Balaban J connectivity index is 1.59. The Bertz CT molecular complexity index is 924. The lowest BCUT2D eigenvalue weighted by molar-refractivity contribution is -0.116. The summed E-state index contributed by atoms with van der Waals surface area (Å²) in [6.07, 6.45) is 1.48. The highest BCUT2D eigenvalue weighted by Gasteiger charge is 2.09. The van der Waals surface area contributed by atoms with Crippen LogP contribution in [0.3, 0.4) is 0 Å². The van der Waals surface area contributed by atoms with Crippen LogP contribution in [-0.4, -0.2) is 20.4 Å². The average molecular weight is 348 g/mol. The fourth-order valence-corrected chi connectivity index (χ4v) is 3.38. The molecular weight excluding hydrogens is 336 g/mol. The minimum absolute atomic E-state index is 0.111. The van der Waals surface area contributed by atoms with E-state index in [0.717, 1.165) is 10.6 Å². The lowest BCUT2D eigenvalue weighted by Gasteiger charge is -2.04. The van der Waals surface area contributed by atoms with E-state index in [0.29, 0.717) is 5.13 Å². The maximum absolute atomic E-state index is 11.9. The van der Waals surface area contributed by atoms with Crippen LogP contribution < -0.4 is 16.6 Å². The number of carbonyl (C=O) groups excluding carboxylic acids is 1. The first-order valence-electron chi connectivity index (χ1n) is 6.71. The van der Waals surface area contributed by atoms with Crippen molar-refractivity contribution in [3.8, 4) is 10.6 Å². The number of anilines is 1. The van der Waals surface area contributed by atoms with Gasteiger partial charge in [0.25, 0.3) is 5.56 Å². The third-order valence-electron chi connectivity index (χ3n) is 3.00. The zero-order valence-electron chi connectivity index (χ0n) is 11.8. The molecule has 3 aromatic rings. The van der Waals surface area contributed by atoms with Crippen molar-refractivity contribution in [2.24, 2.45) is 0 Å². The van der Waals surface area contributed by atoms with Crippen LogP contribution in [0, 0.1) is 0 Å². The van der Waals surface area contributed by atoms with Crippen molar-refractivity contribution in [1.82, 2.24) is 14.5 Å². The molecule has 0 saturated carbocycles. The first kappa shape index (κ1) is 15.4. The second kappa shape index (κ2) is 6.71. The number of H-pyrrole nitrogens is 1. The number of hydrogen-bond acceptors (Lipinski definition) is 6. The normalized spacial score (nSPS) is 10.6.